The van der Waals surface area contributed by atoms with E-state index in [-0.39, 0.29) is 46.8 Å². The quantitative estimate of drug-likeness (QED) is 0.165. The molecule has 7 rings (SSSR count). The van der Waals surface area contributed by atoms with Crippen molar-refractivity contribution in [2.75, 3.05) is 0 Å². The summed E-state index contributed by atoms with van der Waals surface area (Å²) in [6.07, 6.45) is 0. The number of nitrogens with zero attached hydrogens (tertiary/aromatic N) is 2. The lowest BCUT2D eigenvalue weighted by molar-refractivity contribution is 0.0697. The Morgan fingerprint density at radius 2 is 1.37 bits per heavy atom. The van der Waals surface area contributed by atoms with Crippen LogP contribution in [0.1, 0.15) is 21.7 Å². The van der Waals surface area contributed by atoms with Gasteiger partial charge in [-0.15, -0.1) is 0 Å². The van der Waals surface area contributed by atoms with Crippen LogP contribution in [0.15, 0.2) is 117 Å². The third-order valence-corrected chi connectivity index (χ3v) is 7.89. The van der Waals surface area contributed by atoms with E-state index in [1.54, 1.807) is 18.2 Å². The highest BCUT2D eigenvalue weighted by atomic mass is 79.9. The predicted molar refractivity (Wildman–Crippen MR) is 176 cm³/mol. The molecule has 0 unspecified atom stereocenters. The second-order valence-electron chi connectivity index (χ2n) is 10.5. The number of hydrogen-bond donors (Lipinski definition) is 2. The Morgan fingerprint density at radius 3 is 2.00 bits per heavy atom. The first-order chi connectivity index (χ1) is 22.3. The zero-order chi connectivity index (χ0) is 31.8. The first kappa shape index (κ1) is 29.0. The zero-order valence-electron chi connectivity index (χ0n) is 23.9. The summed E-state index contributed by atoms with van der Waals surface area (Å²) in [6, 6.07) is 30.7. The van der Waals surface area contributed by atoms with Gasteiger partial charge >= 0.3 is 5.97 Å². The van der Waals surface area contributed by atoms with Gasteiger partial charge in [0, 0.05) is 20.8 Å². The van der Waals surface area contributed by atoms with Crippen LogP contribution in [0.4, 0.5) is 0 Å². The summed E-state index contributed by atoms with van der Waals surface area (Å²) in [7, 11) is 0. The molecular formula is C36H23BrN2O7. The molecule has 0 radical (unpaired) electrons. The molecule has 3 aromatic heterocycles. The summed E-state index contributed by atoms with van der Waals surface area (Å²) < 4.78 is 18.7. The van der Waals surface area contributed by atoms with Crippen molar-refractivity contribution in [1.29, 1.82) is 0 Å². The Kier molecular flexibility index (Phi) is 7.55. The van der Waals surface area contributed by atoms with Gasteiger partial charge in [0.1, 0.15) is 18.8 Å². The molecule has 46 heavy (non-hydrogen) atoms. The molecule has 10 heteroatoms. The number of hydrogen-bond acceptors (Lipinski definition) is 8. The monoisotopic (exact) mass is 674 g/mol. The molecule has 4 aromatic carbocycles. The maximum absolute atomic E-state index is 13.2. The van der Waals surface area contributed by atoms with Crippen LogP contribution in [0.3, 0.4) is 0 Å². The molecular weight excluding hydrogens is 652 g/mol. The number of rotatable bonds is 8. The Labute approximate surface area is 269 Å². The van der Waals surface area contributed by atoms with Gasteiger partial charge in [0.05, 0.1) is 27.8 Å². The summed E-state index contributed by atoms with van der Waals surface area (Å²) in [6.45, 7) is 0.228. The summed E-state index contributed by atoms with van der Waals surface area (Å²) in [5.74, 6) is -1.51. The number of ether oxygens (including phenoxy) is 2. The highest BCUT2D eigenvalue weighted by Gasteiger charge is 2.22. The third-order valence-electron chi connectivity index (χ3n) is 7.43. The summed E-state index contributed by atoms with van der Waals surface area (Å²) >= 11 is 3.22. The molecule has 0 aliphatic rings. The second kappa shape index (κ2) is 12.0. The lowest BCUT2D eigenvalue weighted by Crippen LogP contribution is -2.07. The van der Waals surface area contributed by atoms with Gasteiger partial charge in [-0.1, -0.05) is 64.5 Å². The molecule has 0 spiro atoms. The van der Waals surface area contributed by atoms with Crippen molar-refractivity contribution >= 4 is 54.7 Å². The molecule has 0 fully saturated rings. The van der Waals surface area contributed by atoms with Gasteiger partial charge in [0.25, 0.3) is 0 Å². The number of aromatic nitrogens is 2. The number of aromatic carboxylic acids is 1. The van der Waals surface area contributed by atoms with Crippen LogP contribution in [0.25, 0.3) is 44.1 Å². The van der Waals surface area contributed by atoms with E-state index in [2.05, 4.69) is 25.9 Å². The minimum Gasteiger partial charge on any atom is -0.502 e. The Morgan fingerprint density at radius 1 is 0.761 bits per heavy atom. The van der Waals surface area contributed by atoms with E-state index in [0.29, 0.717) is 21.6 Å². The fraction of sp³-hybridized carbons (Fsp3) is 0.0556. The second-order valence-corrected chi connectivity index (χ2v) is 11.4. The van der Waals surface area contributed by atoms with Gasteiger partial charge in [-0.05, 0) is 54.6 Å². The number of carboxylic acid groups (broad SMARTS) is 1. The largest absolute Gasteiger partial charge is 0.502 e. The fourth-order valence-corrected chi connectivity index (χ4v) is 5.63. The smallest absolute Gasteiger partial charge is 0.339 e. The number of aromatic hydroxyl groups is 1. The van der Waals surface area contributed by atoms with Crippen molar-refractivity contribution in [3.05, 3.63) is 135 Å². The number of para-hydroxylation sites is 2. The molecule has 2 N–H and O–H groups in total. The van der Waals surface area contributed by atoms with Crippen LogP contribution < -0.4 is 14.9 Å². The van der Waals surface area contributed by atoms with Crippen LogP contribution in [-0.4, -0.2) is 26.2 Å². The van der Waals surface area contributed by atoms with Gasteiger partial charge in [0.15, 0.2) is 22.8 Å². The first-order valence-corrected chi connectivity index (χ1v) is 15.0. The van der Waals surface area contributed by atoms with Crippen LogP contribution in [0, 0.1) is 0 Å². The van der Waals surface area contributed by atoms with Crippen molar-refractivity contribution in [2.24, 2.45) is 0 Å². The molecule has 0 saturated carbocycles. The third kappa shape index (κ3) is 5.62. The average molecular weight is 675 g/mol. The number of benzene rings is 4. The van der Waals surface area contributed by atoms with E-state index in [1.807, 2.05) is 72.8 Å². The number of pyridine rings is 2. The number of carbonyl (C=O) groups is 1. The number of fused-ring (bicyclic) bond motifs is 3. The summed E-state index contributed by atoms with van der Waals surface area (Å²) in [5.41, 5.74) is 2.13. The molecule has 7 aromatic rings. The fourth-order valence-electron chi connectivity index (χ4n) is 5.17. The van der Waals surface area contributed by atoms with Crippen LogP contribution >= 0.6 is 15.9 Å². The normalized spacial score (nSPS) is 11.2. The standard InChI is InChI=1S/C36H23BrN2O7/c37-23-16-26-32(40)33(41)34(46-35(26)27(17-23)36(42)43)22-11-14-30(44-18-24-12-9-20-5-1-3-7-28(20)38-24)31(15-22)45-19-25-13-10-21-6-2-4-8-29(21)39-25/h1-17,41H,18-19H2,(H,42,43). The molecule has 0 aliphatic heterocycles. The Balaban J connectivity index is 1.27. The molecule has 3 heterocycles. The van der Waals surface area contributed by atoms with Crippen LogP contribution in [0.5, 0.6) is 17.2 Å². The van der Waals surface area contributed by atoms with E-state index in [9.17, 15) is 19.8 Å². The van der Waals surface area contributed by atoms with Crippen molar-refractivity contribution in [3.8, 4) is 28.6 Å². The molecule has 0 atom stereocenters. The van der Waals surface area contributed by atoms with E-state index in [4.69, 9.17) is 13.9 Å². The SMILES string of the molecule is O=C(O)c1cc(Br)cc2c(=O)c(O)c(-c3ccc(OCc4ccc5ccccc5n4)c(OCc4ccc5ccccc5n4)c3)oc12. The molecule has 0 bridgehead atoms. The highest BCUT2D eigenvalue weighted by Crippen LogP contribution is 2.38. The highest BCUT2D eigenvalue weighted by molar-refractivity contribution is 9.10. The molecule has 0 aliphatic carbocycles. The van der Waals surface area contributed by atoms with Crippen molar-refractivity contribution in [3.63, 3.8) is 0 Å². The summed E-state index contributed by atoms with van der Waals surface area (Å²) in [5, 5.41) is 22.6. The molecule has 0 saturated heterocycles. The van der Waals surface area contributed by atoms with Crippen LogP contribution in [-0.2, 0) is 13.2 Å². The first-order valence-electron chi connectivity index (χ1n) is 14.2. The van der Waals surface area contributed by atoms with Gasteiger partial charge in [-0.2, -0.15) is 0 Å². The van der Waals surface area contributed by atoms with Gasteiger partial charge in [-0.3, -0.25) is 4.79 Å². The Hall–Kier alpha value is -5.74. The van der Waals surface area contributed by atoms with E-state index < -0.39 is 17.1 Å². The van der Waals surface area contributed by atoms with Gasteiger partial charge < -0.3 is 24.1 Å². The van der Waals surface area contributed by atoms with Crippen molar-refractivity contribution < 1.29 is 28.9 Å². The minimum atomic E-state index is -1.29. The van der Waals surface area contributed by atoms with Gasteiger partial charge in [-0.25, -0.2) is 14.8 Å². The van der Waals surface area contributed by atoms with E-state index in [1.165, 1.54) is 12.1 Å². The summed E-state index contributed by atoms with van der Waals surface area (Å²) in [4.78, 5) is 34.5. The number of carboxylic acids is 1. The lowest BCUT2D eigenvalue weighted by Gasteiger charge is -2.15. The molecule has 9 nitrogen and oxygen atoms in total. The van der Waals surface area contributed by atoms with E-state index >= 15 is 0 Å². The molecule has 0 amide bonds. The molecule has 226 valence electrons. The maximum atomic E-state index is 13.2. The lowest BCUT2D eigenvalue weighted by atomic mass is 10.1. The number of halogens is 1. The average Bonchev–Trinajstić information content (AvgIpc) is 3.07. The Bertz CT molecular complexity index is 2370. The van der Waals surface area contributed by atoms with Crippen molar-refractivity contribution in [1.82, 2.24) is 9.97 Å². The van der Waals surface area contributed by atoms with E-state index in [0.717, 1.165) is 21.8 Å². The van der Waals surface area contributed by atoms with Gasteiger partial charge in [0.2, 0.25) is 11.2 Å². The maximum Gasteiger partial charge on any atom is 0.339 e. The minimum absolute atomic E-state index is 0.0743. The van der Waals surface area contributed by atoms with Crippen LogP contribution in [0.2, 0.25) is 0 Å². The predicted octanol–water partition coefficient (Wildman–Crippen LogP) is 7.88. The van der Waals surface area contributed by atoms with Crippen molar-refractivity contribution in [2.45, 2.75) is 13.2 Å². The topological polar surface area (TPSA) is 132 Å². The zero-order valence-corrected chi connectivity index (χ0v) is 25.5.